The molecule has 1 amide bonds. The van der Waals surface area contributed by atoms with Crippen molar-refractivity contribution in [1.29, 1.82) is 0 Å². The smallest absolute Gasteiger partial charge is 0.339 e. The van der Waals surface area contributed by atoms with E-state index in [-0.39, 0.29) is 18.1 Å². The van der Waals surface area contributed by atoms with Gasteiger partial charge in [-0.2, -0.15) is 0 Å². The van der Waals surface area contributed by atoms with Crippen LogP contribution in [0.15, 0.2) is 21.3 Å². The maximum absolute atomic E-state index is 12.3. The lowest BCUT2D eigenvalue weighted by molar-refractivity contribution is -0.123. The van der Waals surface area contributed by atoms with Crippen molar-refractivity contribution in [2.45, 2.75) is 39.0 Å². The van der Waals surface area contributed by atoms with Gasteiger partial charge in [-0.25, -0.2) is 4.79 Å². The molecule has 0 radical (unpaired) electrons. The third-order valence-corrected chi connectivity index (χ3v) is 4.89. The van der Waals surface area contributed by atoms with Gasteiger partial charge in [-0.1, -0.05) is 0 Å². The molecule has 146 valence electrons. The number of rotatable bonds is 7. The van der Waals surface area contributed by atoms with Crippen LogP contribution < -0.4 is 15.7 Å². The molecule has 0 atom stereocenters. The van der Waals surface area contributed by atoms with Gasteiger partial charge in [-0.05, 0) is 82.9 Å². The zero-order chi connectivity index (χ0) is 19.4. The molecule has 1 heterocycles. The Hall–Kier alpha value is -2.34. The van der Waals surface area contributed by atoms with E-state index in [2.05, 4.69) is 10.2 Å². The first kappa shape index (κ1) is 19.4. The fourth-order valence-electron chi connectivity index (χ4n) is 3.60. The summed E-state index contributed by atoms with van der Waals surface area (Å²) in [6.45, 7) is 3.43. The Kier molecular flexibility index (Phi) is 6.16. The first-order chi connectivity index (χ1) is 13.0. The first-order valence-corrected chi connectivity index (χ1v) is 9.59. The minimum atomic E-state index is -0.243. The number of nitrogens with zero attached hydrogens (tertiary/aromatic N) is 1. The third-order valence-electron chi connectivity index (χ3n) is 4.89. The van der Waals surface area contributed by atoms with Gasteiger partial charge in [0.05, 0.1) is 5.39 Å². The molecular formula is C21H28N2O4. The number of nitrogens with one attached hydrogen (secondary N) is 1. The van der Waals surface area contributed by atoms with E-state index in [4.69, 9.17) is 9.15 Å². The van der Waals surface area contributed by atoms with Gasteiger partial charge in [0.2, 0.25) is 0 Å². The molecule has 1 aromatic carbocycles. The summed E-state index contributed by atoms with van der Waals surface area (Å²) in [5.74, 6) is 0.477. The number of hydrogen-bond acceptors (Lipinski definition) is 5. The van der Waals surface area contributed by atoms with E-state index in [0.29, 0.717) is 17.9 Å². The summed E-state index contributed by atoms with van der Waals surface area (Å²) in [4.78, 5) is 26.5. The number of benzene rings is 1. The van der Waals surface area contributed by atoms with Gasteiger partial charge in [0.25, 0.3) is 5.91 Å². The van der Waals surface area contributed by atoms with E-state index in [9.17, 15) is 9.59 Å². The second kappa shape index (κ2) is 8.57. The Bertz CT molecular complexity index is 886. The maximum atomic E-state index is 12.3. The molecule has 3 rings (SSSR count). The molecule has 0 spiro atoms. The second-order valence-corrected chi connectivity index (χ2v) is 7.49. The van der Waals surface area contributed by atoms with Gasteiger partial charge < -0.3 is 19.4 Å². The SMILES string of the molecule is Cc1cc(OCC(=O)NCCCN(C)C)c2c3c(c(=O)oc2c1)CCCC3. The minimum Gasteiger partial charge on any atom is -0.483 e. The van der Waals surface area contributed by atoms with Crippen molar-refractivity contribution in [1.82, 2.24) is 10.2 Å². The molecule has 6 heteroatoms. The number of ether oxygens (including phenoxy) is 1. The van der Waals surface area contributed by atoms with E-state index < -0.39 is 0 Å². The van der Waals surface area contributed by atoms with Crippen molar-refractivity contribution < 1.29 is 13.9 Å². The summed E-state index contributed by atoms with van der Waals surface area (Å²) in [5, 5.41) is 3.72. The van der Waals surface area contributed by atoms with Crippen molar-refractivity contribution in [2.24, 2.45) is 0 Å². The highest BCUT2D eigenvalue weighted by molar-refractivity contribution is 5.89. The summed E-state index contributed by atoms with van der Waals surface area (Å²) < 4.78 is 11.4. The van der Waals surface area contributed by atoms with E-state index in [1.165, 1.54) is 0 Å². The Morgan fingerprint density at radius 1 is 1.22 bits per heavy atom. The molecule has 1 N–H and O–H groups in total. The van der Waals surface area contributed by atoms with Crippen LogP contribution in [-0.4, -0.2) is 44.6 Å². The molecule has 2 aromatic rings. The van der Waals surface area contributed by atoms with Crippen LogP contribution >= 0.6 is 0 Å². The molecule has 1 aliphatic carbocycles. The Morgan fingerprint density at radius 2 is 1.96 bits per heavy atom. The molecule has 27 heavy (non-hydrogen) atoms. The van der Waals surface area contributed by atoms with Crippen LogP contribution in [-0.2, 0) is 17.6 Å². The van der Waals surface area contributed by atoms with Crippen LogP contribution in [0, 0.1) is 6.92 Å². The predicted octanol–water partition coefficient (Wildman–Crippen LogP) is 2.43. The molecule has 1 aliphatic rings. The Balaban J connectivity index is 1.78. The second-order valence-electron chi connectivity index (χ2n) is 7.49. The standard InChI is InChI=1S/C21H28N2O4/c1-14-11-17(26-13-19(24)22-9-6-10-23(2)3)20-15-7-4-5-8-16(15)21(25)27-18(20)12-14/h11-12H,4-10,13H2,1-3H3,(H,22,24). The highest BCUT2D eigenvalue weighted by Gasteiger charge is 2.21. The lowest BCUT2D eigenvalue weighted by atomic mass is 9.90. The third kappa shape index (κ3) is 4.69. The molecule has 0 saturated carbocycles. The lowest BCUT2D eigenvalue weighted by Gasteiger charge is -2.19. The highest BCUT2D eigenvalue weighted by atomic mass is 16.5. The summed E-state index contributed by atoms with van der Waals surface area (Å²) in [5.41, 5.74) is 3.02. The van der Waals surface area contributed by atoms with Gasteiger partial charge in [-0.3, -0.25) is 4.79 Å². The minimum absolute atomic E-state index is 0.0472. The van der Waals surface area contributed by atoms with Crippen LogP contribution in [0.5, 0.6) is 5.75 Å². The van der Waals surface area contributed by atoms with E-state index in [0.717, 1.165) is 60.7 Å². The number of fused-ring (bicyclic) bond motifs is 3. The average molecular weight is 372 g/mol. The van der Waals surface area contributed by atoms with Crippen LogP contribution in [0.3, 0.4) is 0 Å². The molecule has 0 aliphatic heterocycles. The molecule has 1 aromatic heterocycles. The van der Waals surface area contributed by atoms with Crippen LogP contribution in [0.4, 0.5) is 0 Å². The van der Waals surface area contributed by atoms with Crippen molar-refractivity contribution >= 4 is 16.9 Å². The molecule has 0 bridgehead atoms. The largest absolute Gasteiger partial charge is 0.483 e. The molecule has 6 nitrogen and oxygen atoms in total. The molecule has 0 saturated heterocycles. The number of carbonyl (C=O) groups is 1. The fraction of sp³-hybridized carbons (Fsp3) is 0.524. The topological polar surface area (TPSA) is 71.8 Å². The normalized spacial score (nSPS) is 13.6. The Morgan fingerprint density at radius 3 is 2.70 bits per heavy atom. The highest BCUT2D eigenvalue weighted by Crippen LogP contribution is 2.34. The molecule has 0 unspecified atom stereocenters. The van der Waals surface area contributed by atoms with Crippen LogP contribution in [0.25, 0.3) is 11.0 Å². The lowest BCUT2D eigenvalue weighted by Crippen LogP contribution is -2.31. The predicted molar refractivity (Wildman–Crippen MR) is 106 cm³/mol. The van der Waals surface area contributed by atoms with E-state index in [1.54, 1.807) is 0 Å². The zero-order valence-corrected chi connectivity index (χ0v) is 16.4. The van der Waals surface area contributed by atoms with Gasteiger partial charge in [0.15, 0.2) is 6.61 Å². The van der Waals surface area contributed by atoms with Crippen LogP contribution in [0.2, 0.25) is 0 Å². The monoisotopic (exact) mass is 372 g/mol. The van der Waals surface area contributed by atoms with Crippen LogP contribution in [0.1, 0.15) is 36.0 Å². The van der Waals surface area contributed by atoms with Crippen molar-refractivity contribution in [3.05, 3.63) is 39.2 Å². The number of amides is 1. The number of carbonyl (C=O) groups excluding carboxylic acids is 1. The summed E-state index contributed by atoms with van der Waals surface area (Å²) in [6, 6.07) is 3.77. The van der Waals surface area contributed by atoms with Gasteiger partial charge in [0, 0.05) is 12.1 Å². The fourth-order valence-corrected chi connectivity index (χ4v) is 3.60. The Labute approximate surface area is 159 Å². The molecule has 0 fully saturated rings. The van der Waals surface area contributed by atoms with E-state index >= 15 is 0 Å². The maximum Gasteiger partial charge on any atom is 0.339 e. The summed E-state index contributed by atoms with van der Waals surface area (Å²) in [7, 11) is 4.01. The first-order valence-electron chi connectivity index (χ1n) is 9.59. The summed E-state index contributed by atoms with van der Waals surface area (Å²) >= 11 is 0. The van der Waals surface area contributed by atoms with Gasteiger partial charge >= 0.3 is 5.63 Å². The quantitative estimate of drug-likeness (QED) is 0.597. The number of hydrogen-bond donors (Lipinski definition) is 1. The van der Waals surface area contributed by atoms with Gasteiger partial charge in [0.1, 0.15) is 11.3 Å². The number of aryl methyl sites for hydroxylation is 2. The van der Waals surface area contributed by atoms with Gasteiger partial charge in [-0.15, -0.1) is 0 Å². The zero-order valence-electron chi connectivity index (χ0n) is 16.4. The van der Waals surface area contributed by atoms with E-state index in [1.807, 2.05) is 33.2 Å². The van der Waals surface area contributed by atoms with Crippen molar-refractivity contribution in [3.63, 3.8) is 0 Å². The summed E-state index contributed by atoms with van der Waals surface area (Å²) in [6.07, 6.45) is 4.53. The van der Waals surface area contributed by atoms with Crippen molar-refractivity contribution in [3.8, 4) is 5.75 Å². The average Bonchev–Trinajstić information content (AvgIpc) is 2.63. The molecular weight excluding hydrogens is 344 g/mol. The van der Waals surface area contributed by atoms with Crippen molar-refractivity contribution in [2.75, 3.05) is 33.8 Å².